The maximum atomic E-state index is 5.74. The number of nitrogens with one attached hydrogen (secondary N) is 2. The number of hydrogen-bond donors (Lipinski definition) is 2. The smallest absolute Gasteiger partial charge is 0.186 e. The van der Waals surface area contributed by atoms with Crippen LogP contribution in [0.15, 0.2) is 59.7 Å². The number of hydrogen-bond acceptors (Lipinski definition) is 3. The molecule has 0 aliphatic heterocycles. The molecule has 0 aliphatic rings. The van der Waals surface area contributed by atoms with E-state index >= 15 is 0 Å². The standard InChI is InChI=1S/C18H21N3OS/c1-2-3-13-19-18(23)21-20-14-15-9-11-17(12-10-15)22-16-7-5-4-6-8-16/h4-12,14H,2-3,13H2,1H3,(H2,19,21,23)/b20-14+. The summed E-state index contributed by atoms with van der Waals surface area (Å²) in [5.74, 6) is 1.61. The van der Waals surface area contributed by atoms with Crippen molar-refractivity contribution in [3.63, 3.8) is 0 Å². The summed E-state index contributed by atoms with van der Waals surface area (Å²) < 4.78 is 5.74. The van der Waals surface area contributed by atoms with Crippen molar-refractivity contribution in [1.82, 2.24) is 10.7 Å². The summed E-state index contributed by atoms with van der Waals surface area (Å²) in [7, 11) is 0. The summed E-state index contributed by atoms with van der Waals surface area (Å²) in [6.07, 6.45) is 3.95. The predicted molar refractivity (Wildman–Crippen MR) is 99.2 cm³/mol. The van der Waals surface area contributed by atoms with Crippen molar-refractivity contribution < 1.29 is 4.74 Å². The van der Waals surface area contributed by atoms with Crippen LogP contribution < -0.4 is 15.5 Å². The van der Waals surface area contributed by atoms with E-state index < -0.39 is 0 Å². The van der Waals surface area contributed by atoms with Crippen LogP contribution in [0.3, 0.4) is 0 Å². The normalized spacial score (nSPS) is 10.5. The molecule has 0 saturated carbocycles. The molecule has 0 atom stereocenters. The van der Waals surface area contributed by atoms with Gasteiger partial charge in [0.15, 0.2) is 5.11 Å². The first kappa shape index (κ1) is 17.0. The first-order valence-corrected chi connectivity index (χ1v) is 8.08. The Kier molecular flexibility index (Phi) is 7.07. The number of unbranched alkanes of at least 4 members (excludes halogenated alkanes) is 1. The van der Waals surface area contributed by atoms with Crippen molar-refractivity contribution in [2.45, 2.75) is 19.8 Å². The lowest BCUT2D eigenvalue weighted by Gasteiger charge is -2.06. The van der Waals surface area contributed by atoms with Gasteiger partial charge in [0.2, 0.25) is 0 Å². The van der Waals surface area contributed by atoms with Gasteiger partial charge in [-0.05, 0) is 60.6 Å². The lowest BCUT2D eigenvalue weighted by atomic mass is 10.2. The second kappa shape index (κ2) is 9.58. The molecule has 2 rings (SSSR count). The average Bonchev–Trinajstić information content (AvgIpc) is 2.58. The number of thiocarbonyl (C=S) groups is 1. The van der Waals surface area contributed by atoms with Crippen LogP contribution in [-0.2, 0) is 0 Å². The number of hydrazone groups is 1. The highest BCUT2D eigenvalue weighted by Crippen LogP contribution is 2.20. The molecule has 0 fully saturated rings. The van der Waals surface area contributed by atoms with Crippen molar-refractivity contribution in [2.75, 3.05) is 6.54 Å². The van der Waals surface area contributed by atoms with E-state index in [1.165, 1.54) is 0 Å². The largest absolute Gasteiger partial charge is 0.457 e. The molecule has 0 spiro atoms. The fourth-order valence-electron chi connectivity index (χ4n) is 1.83. The van der Waals surface area contributed by atoms with Crippen LogP contribution >= 0.6 is 12.2 Å². The maximum absolute atomic E-state index is 5.74. The van der Waals surface area contributed by atoms with Crippen molar-refractivity contribution >= 4 is 23.5 Å². The minimum Gasteiger partial charge on any atom is -0.457 e. The molecule has 0 heterocycles. The van der Waals surface area contributed by atoms with E-state index in [4.69, 9.17) is 17.0 Å². The van der Waals surface area contributed by atoms with E-state index in [0.717, 1.165) is 36.4 Å². The Labute approximate surface area is 142 Å². The predicted octanol–water partition coefficient (Wildman–Crippen LogP) is 4.08. The van der Waals surface area contributed by atoms with E-state index in [-0.39, 0.29) is 0 Å². The van der Waals surface area contributed by atoms with E-state index in [2.05, 4.69) is 22.8 Å². The van der Waals surface area contributed by atoms with Crippen LogP contribution in [0.4, 0.5) is 0 Å². The summed E-state index contributed by atoms with van der Waals surface area (Å²) in [6, 6.07) is 17.4. The zero-order valence-electron chi connectivity index (χ0n) is 13.2. The Morgan fingerprint density at radius 3 is 2.48 bits per heavy atom. The van der Waals surface area contributed by atoms with Crippen LogP contribution in [0.2, 0.25) is 0 Å². The maximum Gasteiger partial charge on any atom is 0.186 e. The lowest BCUT2D eigenvalue weighted by molar-refractivity contribution is 0.482. The zero-order valence-corrected chi connectivity index (χ0v) is 14.0. The highest BCUT2D eigenvalue weighted by molar-refractivity contribution is 7.80. The van der Waals surface area contributed by atoms with Gasteiger partial charge in [0, 0.05) is 6.54 Å². The van der Waals surface area contributed by atoms with Crippen LogP contribution in [0.5, 0.6) is 11.5 Å². The van der Waals surface area contributed by atoms with E-state index in [1.807, 2.05) is 54.6 Å². The van der Waals surface area contributed by atoms with Gasteiger partial charge in [0.25, 0.3) is 0 Å². The molecule has 0 amide bonds. The minimum atomic E-state index is 0.540. The van der Waals surface area contributed by atoms with Gasteiger partial charge in [0.1, 0.15) is 11.5 Å². The fraction of sp³-hybridized carbons (Fsp3) is 0.222. The van der Waals surface area contributed by atoms with Gasteiger partial charge >= 0.3 is 0 Å². The highest BCUT2D eigenvalue weighted by atomic mass is 32.1. The third kappa shape index (κ3) is 6.48. The van der Waals surface area contributed by atoms with E-state index in [1.54, 1.807) is 6.21 Å². The van der Waals surface area contributed by atoms with Crippen molar-refractivity contribution in [3.05, 3.63) is 60.2 Å². The van der Waals surface area contributed by atoms with Gasteiger partial charge in [-0.15, -0.1) is 0 Å². The third-order valence-electron chi connectivity index (χ3n) is 3.05. The Morgan fingerprint density at radius 2 is 1.78 bits per heavy atom. The molecule has 0 bridgehead atoms. The van der Waals surface area contributed by atoms with Gasteiger partial charge in [-0.1, -0.05) is 31.5 Å². The Bertz CT molecular complexity index is 626. The average molecular weight is 327 g/mol. The lowest BCUT2D eigenvalue weighted by Crippen LogP contribution is -2.32. The van der Waals surface area contributed by atoms with Crippen LogP contribution in [0.25, 0.3) is 0 Å². The van der Waals surface area contributed by atoms with Crippen LogP contribution in [0.1, 0.15) is 25.3 Å². The molecule has 0 unspecified atom stereocenters. The summed E-state index contributed by atoms with van der Waals surface area (Å²) in [6.45, 7) is 3.00. The number of rotatable bonds is 7. The topological polar surface area (TPSA) is 45.7 Å². The summed E-state index contributed by atoms with van der Waals surface area (Å²) >= 11 is 5.12. The molecular formula is C18H21N3OS. The quantitative estimate of drug-likeness (QED) is 0.348. The molecule has 2 aromatic carbocycles. The second-order valence-corrected chi connectivity index (χ2v) is 5.37. The number of nitrogens with zero attached hydrogens (tertiary/aromatic N) is 1. The Hall–Kier alpha value is -2.40. The molecule has 2 aromatic rings. The molecule has 0 aliphatic carbocycles. The third-order valence-corrected chi connectivity index (χ3v) is 3.29. The van der Waals surface area contributed by atoms with Crippen molar-refractivity contribution in [3.8, 4) is 11.5 Å². The Morgan fingerprint density at radius 1 is 1.09 bits per heavy atom. The van der Waals surface area contributed by atoms with Gasteiger partial charge < -0.3 is 10.1 Å². The summed E-state index contributed by atoms with van der Waals surface area (Å²) in [5, 5.41) is 7.75. The van der Waals surface area contributed by atoms with Gasteiger partial charge in [-0.2, -0.15) is 5.10 Å². The van der Waals surface area contributed by atoms with Gasteiger partial charge in [-0.3, -0.25) is 5.43 Å². The van der Waals surface area contributed by atoms with Crippen LogP contribution in [0, 0.1) is 0 Å². The summed E-state index contributed by atoms with van der Waals surface area (Å²) in [5.41, 5.74) is 3.77. The second-order valence-electron chi connectivity index (χ2n) is 4.96. The molecule has 2 N–H and O–H groups in total. The van der Waals surface area contributed by atoms with E-state index in [9.17, 15) is 0 Å². The molecular weight excluding hydrogens is 306 g/mol. The summed E-state index contributed by atoms with van der Waals surface area (Å²) in [4.78, 5) is 0. The molecule has 23 heavy (non-hydrogen) atoms. The molecule has 0 radical (unpaired) electrons. The number of para-hydroxylation sites is 1. The van der Waals surface area contributed by atoms with Crippen molar-refractivity contribution in [1.29, 1.82) is 0 Å². The highest BCUT2D eigenvalue weighted by Gasteiger charge is 1.96. The Balaban J connectivity index is 1.80. The number of benzene rings is 2. The van der Waals surface area contributed by atoms with E-state index in [0.29, 0.717) is 5.11 Å². The number of ether oxygens (including phenoxy) is 1. The first-order valence-electron chi connectivity index (χ1n) is 7.68. The minimum absolute atomic E-state index is 0.540. The molecule has 120 valence electrons. The monoisotopic (exact) mass is 327 g/mol. The van der Waals surface area contributed by atoms with Crippen LogP contribution in [-0.4, -0.2) is 17.9 Å². The SMILES string of the molecule is CCCCNC(=S)N/N=C/c1ccc(Oc2ccccc2)cc1. The molecule has 0 aromatic heterocycles. The van der Waals surface area contributed by atoms with Crippen molar-refractivity contribution in [2.24, 2.45) is 5.10 Å². The zero-order chi connectivity index (χ0) is 16.3. The molecule has 5 heteroatoms. The fourth-order valence-corrected chi connectivity index (χ4v) is 1.98. The molecule has 0 saturated heterocycles. The molecule has 4 nitrogen and oxygen atoms in total. The van der Waals surface area contributed by atoms with Gasteiger partial charge in [-0.25, -0.2) is 0 Å². The first-order chi connectivity index (χ1) is 11.3. The van der Waals surface area contributed by atoms with Gasteiger partial charge in [0.05, 0.1) is 6.21 Å².